The van der Waals surface area contributed by atoms with Crippen LogP contribution in [0, 0.1) is 16.7 Å². The van der Waals surface area contributed by atoms with Gasteiger partial charge < -0.3 is 10.0 Å². The summed E-state index contributed by atoms with van der Waals surface area (Å²) < 4.78 is 0. The summed E-state index contributed by atoms with van der Waals surface area (Å²) in [5.74, 6) is -0.954. The Morgan fingerprint density at radius 2 is 1.75 bits per heavy atom. The van der Waals surface area contributed by atoms with Gasteiger partial charge in [0.2, 0.25) is 5.91 Å². The van der Waals surface area contributed by atoms with Crippen molar-refractivity contribution < 1.29 is 14.7 Å². The average molecular weight is 227 g/mol. The van der Waals surface area contributed by atoms with E-state index in [4.69, 9.17) is 0 Å². The minimum absolute atomic E-state index is 0.0370. The molecule has 4 nitrogen and oxygen atoms in total. The Balaban J connectivity index is 3.05. The minimum atomic E-state index is -0.802. The highest BCUT2D eigenvalue weighted by molar-refractivity contribution is 5.83. The Morgan fingerprint density at radius 1 is 1.25 bits per heavy atom. The van der Waals surface area contributed by atoms with Crippen LogP contribution in [0.3, 0.4) is 0 Å². The molecule has 1 saturated carbocycles. The van der Waals surface area contributed by atoms with E-state index in [1.807, 2.05) is 13.8 Å². The second-order valence-electron chi connectivity index (χ2n) is 5.68. The Bertz CT molecular complexity index is 322. The fourth-order valence-electron chi connectivity index (χ4n) is 2.63. The van der Waals surface area contributed by atoms with Crippen LogP contribution in [0.1, 0.15) is 33.6 Å². The molecule has 2 atom stereocenters. The summed E-state index contributed by atoms with van der Waals surface area (Å²) in [5, 5.41) is 9.32. The molecule has 0 aliphatic heterocycles. The molecule has 1 fully saturated rings. The van der Waals surface area contributed by atoms with Crippen LogP contribution < -0.4 is 0 Å². The summed E-state index contributed by atoms with van der Waals surface area (Å²) in [6, 6.07) is 0. The number of hydrogen-bond donors (Lipinski definition) is 1. The minimum Gasteiger partial charge on any atom is -0.481 e. The van der Waals surface area contributed by atoms with Crippen LogP contribution in [0.5, 0.6) is 0 Å². The Morgan fingerprint density at radius 3 is 2.06 bits per heavy atom. The van der Waals surface area contributed by atoms with Crippen LogP contribution in [-0.2, 0) is 9.59 Å². The lowest BCUT2D eigenvalue weighted by Gasteiger charge is -2.38. The first kappa shape index (κ1) is 13.0. The third-order valence-electron chi connectivity index (χ3n) is 4.44. The van der Waals surface area contributed by atoms with E-state index in [-0.39, 0.29) is 11.8 Å². The second-order valence-corrected chi connectivity index (χ2v) is 5.68. The zero-order chi connectivity index (χ0) is 12.7. The summed E-state index contributed by atoms with van der Waals surface area (Å²) in [5.41, 5.74) is -1.30. The highest BCUT2D eigenvalue weighted by Gasteiger charge is 2.58. The normalized spacial score (nSPS) is 32.4. The number of carbonyl (C=O) groups is 2. The average Bonchev–Trinajstić information content (AvgIpc) is 2.38. The molecule has 16 heavy (non-hydrogen) atoms. The number of nitrogens with zero attached hydrogens (tertiary/aromatic N) is 1. The van der Waals surface area contributed by atoms with Crippen molar-refractivity contribution in [1.82, 2.24) is 4.90 Å². The molecule has 1 unspecified atom stereocenters. The van der Waals surface area contributed by atoms with Crippen molar-refractivity contribution in [1.29, 1.82) is 0 Å². The van der Waals surface area contributed by atoms with Gasteiger partial charge in [-0.15, -0.1) is 0 Å². The van der Waals surface area contributed by atoms with E-state index in [2.05, 4.69) is 0 Å². The van der Waals surface area contributed by atoms with E-state index in [1.165, 1.54) is 0 Å². The van der Waals surface area contributed by atoms with Crippen molar-refractivity contribution in [3.05, 3.63) is 0 Å². The number of rotatable bonds is 2. The molecular formula is C12H21NO3. The van der Waals surface area contributed by atoms with Crippen molar-refractivity contribution in [2.24, 2.45) is 16.7 Å². The van der Waals surface area contributed by atoms with Gasteiger partial charge in [-0.05, 0) is 25.2 Å². The molecule has 0 bridgehead atoms. The lowest BCUT2D eigenvalue weighted by molar-refractivity contribution is -0.156. The maximum absolute atomic E-state index is 12.0. The van der Waals surface area contributed by atoms with Gasteiger partial charge in [0.15, 0.2) is 0 Å². The Kier molecular flexibility index (Phi) is 3.05. The number of hydrogen-bond acceptors (Lipinski definition) is 2. The molecule has 0 saturated heterocycles. The van der Waals surface area contributed by atoms with E-state index < -0.39 is 16.8 Å². The first-order valence-electron chi connectivity index (χ1n) is 5.59. The molecule has 0 heterocycles. The van der Waals surface area contributed by atoms with E-state index in [0.29, 0.717) is 12.8 Å². The number of aliphatic carboxylic acids is 1. The molecular weight excluding hydrogens is 206 g/mol. The molecule has 1 aliphatic rings. The Labute approximate surface area is 96.6 Å². The van der Waals surface area contributed by atoms with Gasteiger partial charge in [0.1, 0.15) is 0 Å². The number of carboxylic acid groups (broad SMARTS) is 1. The molecule has 4 heteroatoms. The SMILES string of the molecule is CN(C)C(=O)[C@@H]1CCC(C)(C(=O)O)C1(C)C. The van der Waals surface area contributed by atoms with E-state index in [1.54, 1.807) is 25.9 Å². The summed E-state index contributed by atoms with van der Waals surface area (Å²) in [4.78, 5) is 24.9. The summed E-state index contributed by atoms with van der Waals surface area (Å²) in [6.07, 6.45) is 1.23. The molecule has 1 amide bonds. The van der Waals surface area contributed by atoms with Gasteiger partial charge in [0.05, 0.1) is 5.41 Å². The zero-order valence-corrected chi connectivity index (χ0v) is 10.7. The molecule has 0 radical (unpaired) electrons. The maximum atomic E-state index is 12.0. The third kappa shape index (κ3) is 1.60. The van der Waals surface area contributed by atoms with Crippen LogP contribution in [0.4, 0.5) is 0 Å². The van der Waals surface area contributed by atoms with Gasteiger partial charge in [-0.1, -0.05) is 13.8 Å². The highest BCUT2D eigenvalue weighted by atomic mass is 16.4. The van der Waals surface area contributed by atoms with Crippen LogP contribution in [0.25, 0.3) is 0 Å². The molecule has 0 aromatic carbocycles. The van der Waals surface area contributed by atoms with Crippen molar-refractivity contribution in [2.75, 3.05) is 14.1 Å². The van der Waals surface area contributed by atoms with Crippen LogP contribution >= 0.6 is 0 Å². The number of amides is 1. The highest BCUT2D eigenvalue weighted by Crippen LogP contribution is 2.56. The van der Waals surface area contributed by atoms with E-state index >= 15 is 0 Å². The third-order valence-corrected chi connectivity index (χ3v) is 4.44. The number of carboxylic acids is 1. The van der Waals surface area contributed by atoms with Crippen LogP contribution in [-0.4, -0.2) is 36.0 Å². The van der Waals surface area contributed by atoms with Crippen molar-refractivity contribution in [2.45, 2.75) is 33.6 Å². The molecule has 1 rings (SSSR count). The van der Waals surface area contributed by atoms with Gasteiger partial charge in [0, 0.05) is 20.0 Å². The summed E-state index contributed by atoms with van der Waals surface area (Å²) >= 11 is 0. The molecule has 0 aromatic rings. The molecule has 0 aromatic heterocycles. The zero-order valence-electron chi connectivity index (χ0n) is 10.7. The molecule has 92 valence electrons. The summed E-state index contributed by atoms with van der Waals surface area (Å²) in [6.45, 7) is 5.53. The lowest BCUT2D eigenvalue weighted by Crippen LogP contribution is -2.45. The van der Waals surface area contributed by atoms with E-state index in [0.717, 1.165) is 0 Å². The predicted octanol–water partition coefficient (Wildman–Crippen LogP) is 1.60. The standard InChI is InChI=1S/C12H21NO3/c1-11(2)8(9(14)13(4)5)6-7-12(11,3)10(15)16/h8H,6-7H2,1-5H3,(H,15,16)/t8-,12?/m0/s1. The van der Waals surface area contributed by atoms with Gasteiger partial charge in [-0.3, -0.25) is 9.59 Å². The van der Waals surface area contributed by atoms with E-state index in [9.17, 15) is 14.7 Å². The molecule has 1 aliphatic carbocycles. The van der Waals surface area contributed by atoms with Crippen molar-refractivity contribution in [3.63, 3.8) is 0 Å². The van der Waals surface area contributed by atoms with Crippen molar-refractivity contribution >= 4 is 11.9 Å². The fraction of sp³-hybridized carbons (Fsp3) is 0.833. The van der Waals surface area contributed by atoms with Crippen LogP contribution in [0.15, 0.2) is 0 Å². The predicted molar refractivity (Wildman–Crippen MR) is 60.9 cm³/mol. The molecule has 0 spiro atoms. The largest absolute Gasteiger partial charge is 0.481 e. The Hall–Kier alpha value is -1.06. The first-order valence-corrected chi connectivity index (χ1v) is 5.59. The van der Waals surface area contributed by atoms with Crippen molar-refractivity contribution in [3.8, 4) is 0 Å². The topological polar surface area (TPSA) is 57.6 Å². The molecule has 1 N–H and O–H groups in total. The van der Waals surface area contributed by atoms with Gasteiger partial charge in [-0.25, -0.2) is 0 Å². The summed E-state index contributed by atoms with van der Waals surface area (Å²) in [7, 11) is 3.43. The quantitative estimate of drug-likeness (QED) is 0.779. The second kappa shape index (κ2) is 3.75. The van der Waals surface area contributed by atoms with Gasteiger partial charge in [0.25, 0.3) is 0 Å². The first-order chi connectivity index (χ1) is 7.14. The van der Waals surface area contributed by atoms with Crippen LogP contribution in [0.2, 0.25) is 0 Å². The maximum Gasteiger partial charge on any atom is 0.309 e. The van der Waals surface area contributed by atoms with Gasteiger partial charge in [-0.2, -0.15) is 0 Å². The monoisotopic (exact) mass is 227 g/mol. The lowest BCUT2D eigenvalue weighted by atomic mass is 9.65. The fourth-order valence-corrected chi connectivity index (χ4v) is 2.63. The van der Waals surface area contributed by atoms with Gasteiger partial charge >= 0.3 is 5.97 Å². The number of carbonyl (C=O) groups excluding carboxylic acids is 1. The smallest absolute Gasteiger partial charge is 0.309 e.